The highest BCUT2D eigenvalue weighted by molar-refractivity contribution is 6.41. The zero-order chi connectivity index (χ0) is 41.3. The monoisotopic (exact) mass is 797 g/mol. The molecule has 7 rings (SSSR count). The summed E-state index contributed by atoms with van der Waals surface area (Å²) in [6.07, 6.45) is 27.6. The molecule has 4 amide bonds. The van der Waals surface area contributed by atoms with Crippen LogP contribution in [0.1, 0.15) is 210 Å². The van der Waals surface area contributed by atoms with E-state index in [9.17, 15) is 19.2 Å². The number of fused-ring (bicyclic) bond motifs is 2. The number of rotatable bonds is 26. The highest BCUT2D eigenvalue weighted by Crippen LogP contribution is 2.46. The zero-order valence-corrected chi connectivity index (χ0v) is 36.4. The van der Waals surface area contributed by atoms with Gasteiger partial charge in [-0.3, -0.25) is 29.0 Å². The summed E-state index contributed by atoms with van der Waals surface area (Å²) < 4.78 is 0. The van der Waals surface area contributed by atoms with Crippen molar-refractivity contribution >= 4 is 66.7 Å². The summed E-state index contributed by atoms with van der Waals surface area (Å²) in [4.78, 5) is 59.9. The smallest absolute Gasteiger partial charge is 0.261 e. The lowest BCUT2D eigenvalue weighted by atomic mass is 9.82. The first-order chi connectivity index (χ1) is 28.9. The van der Waals surface area contributed by atoms with Crippen LogP contribution in [0.15, 0.2) is 48.5 Å². The molecule has 0 saturated heterocycles. The molecule has 0 fully saturated rings. The van der Waals surface area contributed by atoms with E-state index in [4.69, 9.17) is 0 Å². The molecule has 2 heterocycles. The number of unbranched alkanes of at least 4 members (excludes halogenated alkanes) is 18. The lowest BCUT2D eigenvalue weighted by molar-refractivity contribution is 0.0571. The van der Waals surface area contributed by atoms with Crippen molar-refractivity contribution in [3.63, 3.8) is 0 Å². The maximum Gasteiger partial charge on any atom is 0.261 e. The topological polar surface area (TPSA) is 74.8 Å². The molecule has 0 spiro atoms. The van der Waals surface area contributed by atoms with Gasteiger partial charge in [0.1, 0.15) is 0 Å². The summed E-state index contributed by atoms with van der Waals surface area (Å²) in [7, 11) is 0. The van der Waals surface area contributed by atoms with Crippen LogP contribution >= 0.6 is 0 Å². The number of carbonyl (C=O) groups is 4. The van der Waals surface area contributed by atoms with Crippen molar-refractivity contribution < 1.29 is 19.2 Å². The summed E-state index contributed by atoms with van der Waals surface area (Å²) in [5.74, 6) is -0.528. The molecule has 2 aliphatic heterocycles. The van der Waals surface area contributed by atoms with E-state index in [2.05, 4.69) is 20.8 Å². The molecule has 1 atom stereocenters. The number of hydrogen-bond donors (Lipinski definition) is 0. The number of carbonyl (C=O) groups excluding carboxylic acids is 4. The number of hydrogen-bond acceptors (Lipinski definition) is 4. The van der Waals surface area contributed by atoms with Crippen LogP contribution in [0.4, 0.5) is 0 Å². The first-order valence-corrected chi connectivity index (χ1v) is 23.8. The van der Waals surface area contributed by atoms with Crippen molar-refractivity contribution in [1.29, 1.82) is 0 Å². The van der Waals surface area contributed by atoms with Crippen molar-refractivity contribution in [2.24, 2.45) is 5.92 Å². The van der Waals surface area contributed by atoms with Gasteiger partial charge >= 0.3 is 0 Å². The van der Waals surface area contributed by atoms with E-state index in [1.807, 2.05) is 48.5 Å². The van der Waals surface area contributed by atoms with Gasteiger partial charge in [-0.2, -0.15) is 0 Å². The molecule has 0 aliphatic carbocycles. The van der Waals surface area contributed by atoms with Gasteiger partial charge in [0.2, 0.25) is 0 Å². The Morgan fingerprint density at radius 2 is 0.661 bits per heavy atom. The Hall–Kier alpha value is -4.32. The molecule has 0 saturated carbocycles. The van der Waals surface area contributed by atoms with Crippen molar-refractivity contribution in [2.45, 2.75) is 168 Å². The van der Waals surface area contributed by atoms with Crippen LogP contribution in [0.3, 0.4) is 0 Å². The normalized spacial score (nSPS) is 14.7. The number of amides is 4. The fourth-order valence-corrected chi connectivity index (χ4v) is 10.3. The van der Waals surface area contributed by atoms with Gasteiger partial charge in [0, 0.05) is 46.1 Å². The molecule has 1 unspecified atom stereocenters. The Balaban J connectivity index is 1.11. The van der Waals surface area contributed by atoms with Crippen LogP contribution in [-0.4, -0.2) is 46.5 Å². The molecule has 0 aromatic heterocycles. The van der Waals surface area contributed by atoms with E-state index in [0.29, 0.717) is 41.3 Å². The molecule has 5 aromatic carbocycles. The molecule has 6 nitrogen and oxygen atoms in total. The highest BCUT2D eigenvalue weighted by atomic mass is 16.2. The summed E-state index contributed by atoms with van der Waals surface area (Å²) in [6.45, 7) is 7.63. The molecular formula is C53H68N2O4. The standard InChI is InChI=1S/C53H68N2O4/c1-4-7-10-13-15-16-17-18-19-21-24-35-54-50(56)42-31-27-38-40-29-33-44-49-45(34-30-41(47(40)49)39-28-32-43(51(54)57)48(42)46(38)39)53(59)55(52(44)58)36-37(25-22-12-9-6-3)26-23-20-14-11-8-5-2/h27-34,37H,4-26,35-36H2,1-3H3. The zero-order valence-electron chi connectivity index (χ0n) is 36.4. The molecule has 314 valence electrons. The molecule has 0 bridgehead atoms. The fourth-order valence-electron chi connectivity index (χ4n) is 10.3. The van der Waals surface area contributed by atoms with Crippen LogP contribution in [0.2, 0.25) is 0 Å². The van der Waals surface area contributed by atoms with Gasteiger partial charge in [0.25, 0.3) is 23.6 Å². The fraction of sp³-hybridized carbons (Fsp3) is 0.547. The second kappa shape index (κ2) is 20.3. The Kier molecular flexibility index (Phi) is 14.7. The molecular weight excluding hydrogens is 729 g/mol. The summed E-state index contributed by atoms with van der Waals surface area (Å²) in [5.41, 5.74) is 2.32. The highest BCUT2D eigenvalue weighted by Gasteiger charge is 2.37. The third-order valence-corrected chi connectivity index (χ3v) is 13.7. The first kappa shape index (κ1) is 42.8. The average Bonchev–Trinajstić information content (AvgIpc) is 3.25. The molecule has 0 N–H and O–H groups in total. The van der Waals surface area contributed by atoms with Crippen molar-refractivity contribution in [3.05, 3.63) is 70.8 Å². The Morgan fingerprint density at radius 3 is 1.03 bits per heavy atom. The minimum Gasteiger partial charge on any atom is -0.274 e. The molecule has 2 aliphatic rings. The van der Waals surface area contributed by atoms with Gasteiger partial charge < -0.3 is 0 Å². The summed E-state index contributed by atoms with van der Waals surface area (Å²) in [6, 6.07) is 15.6. The van der Waals surface area contributed by atoms with E-state index in [1.165, 1.54) is 108 Å². The Labute approximate surface area is 352 Å². The van der Waals surface area contributed by atoms with Gasteiger partial charge in [0.15, 0.2) is 0 Å². The lowest BCUT2D eigenvalue weighted by Crippen LogP contribution is -2.43. The Bertz CT molecular complexity index is 2150. The minimum atomic E-state index is -0.217. The number of nitrogens with zero attached hydrogens (tertiary/aromatic N) is 2. The lowest BCUT2D eigenvalue weighted by Gasteiger charge is -2.32. The summed E-state index contributed by atoms with van der Waals surface area (Å²) >= 11 is 0. The van der Waals surface area contributed by atoms with E-state index in [1.54, 1.807) is 4.90 Å². The molecule has 59 heavy (non-hydrogen) atoms. The first-order valence-electron chi connectivity index (χ1n) is 23.8. The van der Waals surface area contributed by atoms with Gasteiger partial charge in [0.05, 0.1) is 0 Å². The predicted molar refractivity (Wildman–Crippen MR) is 245 cm³/mol. The van der Waals surface area contributed by atoms with Gasteiger partial charge in [-0.1, -0.05) is 173 Å². The van der Waals surface area contributed by atoms with Gasteiger partial charge in [-0.05, 0) is 81.8 Å². The van der Waals surface area contributed by atoms with Crippen LogP contribution < -0.4 is 0 Å². The SMILES string of the molecule is CCCCCCCCCCCCCN1C(=O)c2ccc3c4ccc5c6c(ccc(c7ccc(c2c37)C1=O)c64)C(=O)N(CC(CCCCCC)CCCCCCCC)C5=O. The van der Waals surface area contributed by atoms with Gasteiger partial charge in [-0.15, -0.1) is 0 Å². The van der Waals surface area contributed by atoms with Crippen molar-refractivity contribution in [2.75, 3.05) is 13.1 Å². The Morgan fingerprint density at radius 1 is 0.356 bits per heavy atom. The largest absolute Gasteiger partial charge is 0.274 e. The van der Waals surface area contributed by atoms with Gasteiger partial charge in [-0.25, -0.2) is 0 Å². The second-order valence-electron chi connectivity index (χ2n) is 17.9. The maximum atomic E-state index is 14.4. The molecule has 5 aromatic rings. The average molecular weight is 797 g/mol. The van der Waals surface area contributed by atoms with Crippen LogP contribution in [0.5, 0.6) is 0 Å². The van der Waals surface area contributed by atoms with E-state index in [0.717, 1.165) is 88.0 Å². The third kappa shape index (κ3) is 8.93. The van der Waals surface area contributed by atoms with E-state index >= 15 is 0 Å². The number of imide groups is 2. The summed E-state index contributed by atoms with van der Waals surface area (Å²) in [5, 5.41) is 7.00. The predicted octanol–water partition coefficient (Wildman–Crippen LogP) is 14.6. The van der Waals surface area contributed by atoms with Crippen LogP contribution in [0, 0.1) is 5.92 Å². The second-order valence-corrected chi connectivity index (χ2v) is 17.9. The van der Waals surface area contributed by atoms with Crippen molar-refractivity contribution in [3.8, 4) is 0 Å². The quantitative estimate of drug-likeness (QED) is 0.0242. The number of benzene rings is 5. The maximum absolute atomic E-state index is 14.4. The van der Waals surface area contributed by atoms with Crippen molar-refractivity contribution in [1.82, 2.24) is 9.80 Å². The van der Waals surface area contributed by atoms with Crippen LogP contribution in [0.25, 0.3) is 43.1 Å². The van der Waals surface area contributed by atoms with Crippen LogP contribution in [-0.2, 0) is 0 Å². The van der Waals surface area contributed by atoms with E-state index in [-0.39, 0.29) is 23.6 Å². The molecule has 6 heteroatoms. The third-order valence-electron chi connectivity index (χ3n) is 13.7. The van der Waals surface area contributed by atoms with E-state index < -0.39 is 0 Å². The molecule has 0 radical (unpaired) electrons. The minimum absolute atomic E-state index is 0.196.